The van der Waals surface area contributed by atoms with Crippen molar-refractivity contribution in [2.75, 3.05) is 5.73 Å². The first kappa shape index (κ1) is 11.0. The normalized spacial score (nSPS) is 19.0. The minimum Gasteiger partial charge on any atom is -0.384 e. The van der Waals surface area contributed by atoms with Crippen LogP contribution >= 0.6 is 0 Å². The first-order valence-electron chi connectivity index (χ1n) is 6.23. The quantitative estimate of drug-likeness (QED) is 0.821. The Balaban J connectivity index is 1.95. The highest BCUT2D eigenvalue weighted by molar-refractivity contribution is 5.59. The van der Waals surface area contributed by atoms with E-state index in [4.69, 9.17) is 5.73 Å². The standard InChI is InChI=1S/C14H16N4/c15-14-7-6-11(8-17-14)13-9-16-10-18(13)12-4-2-1-3-5-12/h1-2,6-10,12H,3-5H2,(H2,15,17). The summed E-state index contributed by atoms with van der Waals surface area (Å²) in [7, 11) is 0. The van der Waals surface area contributed by atoms with Crippen LogP contribution in [-0.4, -0.2) is 14.5 Å². The van der Waals surface area contributed by atoms with Crippen molar-refractivity contribution in [1.29, 1.82) is 0 Å². The lowest BCUT2D eigenvalue weighted by molar-refractivity contribution is 0.464. The second-order valence-corrected chi connectivity index (χ2v) is 4.60. The van der Waals surface area contributed by atoms with Gasteiger partial charge in [-0.2, -0.15) is 0 Å². The Morgan fingerprint density at radius 3 is 2.89 bits per heavy atom. The number of rotatable bonds is 2. The number of hydrogen-bond acceptors (Lipinski definition) is 3. The molecule has 2 heterocycles. The van der Waals surface area contributed by atoms with Gasteiger partial charge in [0.25, 0.3) is 0 Å². The molecule has 3 rings (SSSR count). The molecular formula is C14H16N4. The van der Waals surface area contributed by atoms with Crippen molar-refractivity contribution in [3.8, 4) is 11.3 Å². The minimum absolute atomic E-state index is 0.505. The monoisotopic (exact) mass is 240 g/mol. The van der Waals surface area contributed by atoms with Gasteiger partial charge < -0.3 is 10.3 Å². The highest BCUT2D eigenvalue weighted by atomic mass is 15.1. The topological polar surface area (TPSA) is 56.7 Å². The van der Waals surface area contributed by atoms with Gasteiger partial charge in [0, 0.05) is 17.8 Å². The molecule has 0 bridgehead atoms. The summed E-state index contributed by atoms with van der Waals surface area (Å²) in [5, 5.41) is 0. The van der Waals surface area contributed by atoms with Crippen LogP contribution in [0.15, 0.2) is 43.0 Å². The van der Waals surface area contributed by atoms with Crippen molar-refractivity contribution >= 4 is 5.82 Å². The third kappa shape index (κ3) is 2.01. The molecule has 1 unspecified atom stereocenters. The Bertz CT molecular complexity index is 553. The average molecular weight is 240 g/mol. The Hall–Kier alpha value is -2.10. The van der Waals surface area contributed by atoms with E-state index >= 15 is 0 Å². The van der Waals surface area contributed by atoms with Gasteiger partial charge in [-0.15, -0.1) is 0 Å². The van der Waals surface area contributed by atoms with E-state index in [9.17, 15) is 0 Å². The number of hydrogen-bond donors (Lipinski definition) is 1. The predicted molar refractivity (Wildman–Crippen MR) is 71.9 cm³/mol. The van der Waals surface area contributed by atoms with E-state index in [0.717, 1.165) is 24.1 Å². The molecule has 0 aliphatic heterocycles. The lowest BCUT2D eigenvalue weighted by Crippen LogP contribution is -2.10. The first-order valence-corrected chi connectivity index (χ1v) is 6.23. The van der Waals surface area contributed by atoms with Crippen molar-refractivity contribution in [2.45, 2.75) is 25.3 Å². The van der Waals surface area contributed by atoms with E-state index in [-0.39, 0.29) is 0 Å². The van der Waals surface area contributed by atoms with Gasteiger partial charge in [0.05, 0.1) is 18.2 Å². The maximum Gasteiger partial charge on any atom is 0.123 e. The SMILES string of the molecule is Nc1ccc(-c2cncn2C2CC=CCC2)cn1. The number of nitrogen functional groups attached to an aromatic ring is 1. The van der Waals surface area contributed by atoms with Crippen molar-refractivity contribution < 1.29 is 0 Å². The first-order chi connectivity index (χ1) is 8.84. The van der Waals surface area contributed by atoms with Crippen molar-refractivity contribution in [2.24, 2.45) is 0 Å². The maximum absolute atomic E-state index is 5.62. The van der Waals surface area contributed by atoms with E-state index in [2.05, 4.69) is 26.7 Å². The number of nitrogens with two attached hydrogens (primary N) is 1. The molecule has 0 saturated carbocycles. The van der Waals surface area contributed by atoms with Crippen molar-refractivity contribution in [1.82, 2.24) is 14.5 Å². The summed E-state index contributed by atoms with van der Waals surface area (Å²) >= 11 is 0. The molecule has 4 nitrogen and oxygen atoms in total. The van der Waals surface area contributed by atoms with E-state index in [0.29, 0.717) is 11.9 Å². The molecule has 2 aromatic rings. The molecule has 0 fully saturated rings. The van der Waals surface area contributed by atoms with Crippen molar-refractivity contribution in [3.63, 3.8) is 0 Å². The minimum atomic E-state index is 0.505. The van der Waals surface area contributed by atoms with Gasteiger partial charge in [0.15, 0.2) is 0 Å². The summed E-state index contributed by atoms with van der Waals surface area (Å²) in [6.07, 6.45) is 13.5. The third-order valence-electron chi connectivity index (χ3n) is 3.38. The number of imidazole rings is 1. The van der Waals surface area contributed by atoms with Gasteiger partial charge in [-0.05, 0) is 31.4 Å². The van der Waals surface area contributed by atoms with Crippen LogP contribution in [0.25, 0.3) is 11.3 Å². The lowest BCUT2D eigenvalue weighted by atomic mass is 10.0. The highest BCUT2D eigenvalue weighted by Gasteiger charge is 2.15. The number of pyridine rings is 1. The molecule has 0 amide bonds. The van der Waals surface area contributed by atoms with E-state index in [1.807, 2.05) is 30.9 Å². The summed E-state index contributed by atoms with van der Waals surface area (Å²) in [4.78, 5) is 8.42. The van der Waals surface area contributed by atoms with Crippen molar-refractivity contribution in [3.05, 3.63) is 43.0 Å². The Kier molecular flexibility index (Phi) is 2.84. The van der Waals surface area contributed by atoms with Gasteiger partial charge in [0.1, 0.15) is 5.82 Å². The van der Waals surface area contributed by atoms with E-state index in [1.54, 1.807) is 0 Å². The fourth-order valence-electron chi connectivity index (χ4n) is 2.41. The summed E-state index contributed by atoms with van der Waals surface area (Å²) < 4.78 is 2.25. The summed E-state index contributed by atoms with van der Waals surface area (Å²) in [5.41, 5.74) is 7.80. The van der Waals surface area contributed by atoms with Crippen LogP contribution in [0.3, 0.4) is 0 Å². The largest absolute Gasteiger partial charge is 0.384 e. The molecular weight excluding hydrogens is 224 g/mol. The van der Waals surface area contributed by atoms with Gasteiger partial charge in [-0.1, -0.05) is 12.2 Å². The molecule has 2 aromatic heterocycles. The number of allylic oxidation sites excluding steroid dienone is 2. The average Bonchev–Trinajstić information content (AvgIpc) is 2.90. The van der Waals surface area contributed by atoms with Gasteiger partial charge in [-0.3, -0.25) is 0 Å². The molecule has 4 heteroatoms. The number of anilines is 1. The molecule has 1 atom stereocenters. The zero-order chi connectivity index (χ0) is 12.4. The van der Waals surface area contributed by atoms with Crippen LogP contribution < -0.4 is 5.73 Å². The van der Waals surface area contributed by atoms with E-state index in [1.165, 1.54) is 6.42 Å². The fraction of sp³-hybridized carbons (Fsp3) is 0.286. The van der Waals surface area contributed by atoms with Gasteiger partial charge in [0.2, 0.25) is 0 Å². The highest BCUT2D eigenvalue weighted by Crippen LogP contribution is 2.29. The molecule has 0 saturated heterocycles. The van der Waals surface area contributed by atoms with Crippen LogP contribution in [0.2, 0.25) is 0 Å². The lowest BCUT2D eigenvalue weighted by Gasteiger charge is -2.21. The zero-order valence-corrected chi connectivity index (χ0v) is 10.2. The second kappa shape index (κ2) is 4.64. The predicted octanol–water partition coefficient (Wildman–Crippen LogP) is 2.81. The van der Waals surface area contributed by atoms with Gasteiger partial charge >= 0.3 is 0 Å². The molecule has 2 N–H and O–H groups in total. The number of aromatic nitrogens is 3. The molecule has 1 aliphatic carbocycles. The molecule has 92 valence electrons. The van der Waals surface area contributed by atoms with Crippen LogP contribution in [0.5, 0.6) is 0 Å². The number of nitrogens with zero attached hydrogens (tertiary/aromatic N) is 3. The van der Waals surface area contributed by atoms with Crippen LogP contribution in [0, 0.1) is 0 Å². The summed E-state index contributed by atoms with van der Waals surface area (Å²) in [6.45, 7) is 0. The maximum atomic E-state index is 5.62. The fourth-order valence-corrected chi connectivity index (χ4v) is 2.41. The molecule has 0 spiro atoms. The molecule has 1 aliphatic rings. The van der Waals surface area contributed by atoms with E-state index < -0.39 is 0 Å². The summed E-state index contributed by atoms with van der Waals surface area (Å²) in [5.74, 6) is 0.547. The summed E-state index contributed by atoms with van der Waals surface area (Å²) in [6, 6.07) is 4.33. The van der Waals surface area contributed by atoms with Crippen LogP contribution in [-0.2, 0) is 0 Å². The van der Waals surface area contributed by atoms with Crippen LogP contribution in [0.4, 0.5) is 5.82 Å². The Morgan fingerprint density at radius 2 is 2.17 bits per heavy atom. The molecule has 0 aromatic carbocycles. The Morgan fingerprint density at radius 1 is 1.22 bits per heavy atom. The van der Waals surface area contributed by atoms with Gasteiger partial charge in [-0.25, -0.2) is 9.97 Å². The Labute approximate surface area is 106 Å². The second-order valence-electron chi connectivity index (χ2n) is 4.60. The molecule has 0 radical (unpaired) electrons. The zero-order valence-electron chi connectivity index (χ0n) is 10.2. The smallest absolute Gasteiger partial charge is 0.123 e. The third-order valence-corrected chi connectivity index (χ3v) is 3.38. The molecule has 18 heavy (non-hydrogen) atoms. The van der Waals surface area contributed by atoms with Crippen LogP contribution in [0.1, 0.15) is 25.3 Å².